The molecule has 2 aliphatic heterocycles. The molecule has 1 fully saturated rings. The Morgan fingerprint density at radius 3 is 2.88 bits per heavy atom. The molecule has 0 amide bonds. The van der Waals surface area contributed by atoms with Crippen LogP contribution in [0.5, 0.6) is 5.75 Å². The topological polar surface area (TPSA) is 62.9 Å². The lowest BCUT2D eigenvalue weighted by molar-refractivity contribution is 0.121. The van der Waals surface area contributed by atoms with Gasteiger partial charge in [-0.15, -0.1) is 0 Å². The second-order valence-corrected chi connectivity index (χ2v) is 8.72. The Balaban J connectivity index is 1.69. The molecule has 0 aliphatic carbocycles. The third-order valence-electron chi connectivity index (χ3n) is 4.48. The first kappa shape index (κ1) is 19.2. The third kappa shape index (κ3) is 4.97. The highest BCUT2D eigenvalue weighted by Gasteiger charge is 2.30. The van der Waals surface area contributed by atoms with Gasteiger partial charge in [0.15, 0.2) is 5.17 Å². The van der Waals surface area contributed by atoms with E-state index in [2.05, 4.69) is 26.2 Å². The number of halogens is 1. The van der Waals surface area contributed by atoms with Crippen molar-refractivity contribution in [1.82, 2.24) is 9.62 Å². The van der Waals surface area contributed by atoms with E-state index >= 15 is 0 Å². The lowest BCUT2D eigenvalue weighted by Gasteiger charge is -2.39. The molecule has 1 aromatic rings. The number of rotatable bonds is 5. The molecule has 138 valence electrons. The SMILES string of the molecule is CNS/C(N)=N\Sc1ccc2c(c1)OCC[C@@H]2N1CCC(SF)CC1. The molecular formula is C16H23FN4OS3. The molecule has 0 radical (unpaired) electrons. The van der Waals surface area contributed by atoms with Crippen LogP contribution in [-0.4, -0.2) is 42.1 Å². The number of hydrogen-bond acceptors (Lipinski definition) is 7. The first-order valence-corrected chi connectivity index (χ1v) is 10.7. The third-order valence-corrected chi connectivity index (χ3v) is 6.58. The fraction of sp³-hybridized carbons (Fsp3) is 0.562. The van der Waals surface area contributed by atoms with Crippen molar-refractivity contribution < 1.29 is 8.62 Å². The van der Waals surface area contributed by atoms with Crippen molar-refractivity contribution in [1.29, 1.82) is 0 Å². The minimum atomic E-state index is 0.160. The first-order chi connectivity index (χ1) is 12.2. The summed E-state index contributed by atoms with van der Waals surface area (Å²) in [5, 5.41) is 0.644. The molecule has 3 rings (SSSR count). The number of likely N-dealkylation sites (tertiary alicyclic amines) is 1. The van der Waals surface area contributed by atoms with Gasteiger partial charge in [0.1, 0.15) is 5.75 Å². The lowest BCUT2D eigenvalue weighted by Crippen LogP contribution is -2.39. The number of amidine groups is 1. The second-order valence-electron chi connectivity index (χ2n) is 6.00. The van der Waals surface area contributed by atoms with Gasteiger partial charge in [0.05, 0.1) is 6.61 Å². The highest BCUT2D eigenvalue weighted by Crippen LogP contribution is 2.40. The van der Waals surface area contributed by atoms with Gasteiger partial charge in [-0.05, 0) is 57.1 Å². The Bertz CT molecular complexity index is 611. The Labute approximate surface area is 161 Å². The van der Waals surface area contributed by atoms with Gasteiger partial charge in [-0.25, -0.2) is 0 Å². The van der Waals surface area contributed by atoms with Crippen LogP contribution in [0.15, 0.2) is 27.5 Å². The van der Waals surface area contributed by atoms with Crippen LogP contribution in [0.25, 0.3) is 0 Å². The molecule has 0 saturated carbocycles. The molecular weight excluding hydrogens is 379 g/mol. The Kier molecular flexibility index (Phi) is 7.18. The first-order valence-electron chi connectivity index (χ1n) is 8.33. The molecule has 1 aromatic carbocycles. The molecule has 2 heterocycles. The summed E-state index contributed by atoms with van der Waals surface area (Å²) in [6.45, 7) is 2.61. The summed E-state index contributed by atoms with van der Waals surface area (Å²) in [6, 6.07) is 6.60. The fourth-order valence-electron chi connectivity index (χ4n) is 3.28. The van der Waals surface area contributed by atoms with E-state index in [9.17, 15) is 3.89 Å². The maximum atomic E-state index is 12.8. The number of piperidine rings is 1. The maximum absolute atomic E-state index is 12.8. The standard InChI is InChI=1S/C16H23FN4OS3/c1-19-25-16(18)20-24-12-2-3-13-14(6-9-22-15(13)10-12)21-7-4-11(23-17)5-8-21/h2-3,10-11,14,19H,4-9H2,1H3,(H2,18,20)/t14-/m0/s1. The molecule has 1 atom stereocenters. The number of ether oxygens (including phenoxy) is 1. The molecule has 2 aliphatic rings. The van der Waals surface area contributed by atoms with Crippen LogP contribution in [0.2, 0.25) is 0 Å². The van der Waals surface area contributed by atoms with E-state index in [1.165, 1.54) is 29.5 Å². The van der Waals surface area contributed by atoms with Crippen molar-refractivity contribution in [2.75, 3.05) is 26.7 Å². The second kappa shape index (κ2) is 9.36. The molecule has 9 heteroatoms. The van der Waals surface area contributed by atoms with Crippen LogP contribution in [0, 0.1) is 0 Å². The zero-order valence-corrected chi connectivity index (χ0v) is 16.6. The van der Waals surface area contributed by atoms with Crippen LogP contribution in [0.1, 0.15) is 30.9 Å². The summed E-state index contributed by atoms with van der Waals surface area (Å²) in [6.07, 6.45) is 2.81. The van der Waals surface area contributed by atoms with Crippen LogP contribution >= 0.6 is 36.0 Å². The van der Waals surface area contributed by atoms with Gasteiger partial charge >= 0.3 is 0 Å². The van der Waals surface area contributed by atoms with E-state index in [4.69, 9.17) is 10.5 Å². The van der Waals surface area contributed by atoms with E-state index < -0.39 is 0 Å². The number of nitrogens with one attached hydrogen (secondary N) is 1. The van der Waals surface area contributed by atoms with Crippen LogP contribution in [0.3, 0.4) is 0 Å². The van der Waals surface area contributed by atoms with E-state index in [0.717, 1.165) is 43.0 Å². The zero-order valence-electron chi connectivity index (χ0n) is 14.1. The predicted molar refractivity (Wildman–Crippen MR) is 107 cm³/mol. The van der Waals surface area contributed by atoms with Crippen molar-refractivity contribution in [3.63, 3.8) is 0 Å². The van der Waals surface area contributed by atoms with Gasteiger partial charge in [0, 0.05) is 52.3 Å². The van der Waals surface area contributed by atoms with Crippen molar-refractivity contribution >= 4 is 41.2 Å². The van der Waals surface area contributed by atoms with Gasteiger partial charge in [-0.2, -0.15) is 8.28 Å². The van der Waals surface area contributed by atoms with E-state index in [-0.39, 0.29) is 5.25 Å². The average molecular weight is 403 g/mol. The largest absolute Gasteiger partial charge is 0.493 e. The summed E-state index contributed by atoms with van der Waals surface area (Å²) in [7, 11) is 1.81. The lowest BCUT2D eigenvalue weighted by atomic mass is 9.96. The van der Waals surface area contributed by atoms with Crippen molar-refractivity contribution in [2.45, 2.75) is 35.4 Å². The van der Waals surface area contributed by atoms with Gasteiger partial charge in [-0.1, -0.05) is 6.07 Å². The van der Waals surface area contributed by atoms with Crippen LogP contribution in [0.4, 0.5) is 3.89 Å². The average Bonchev–Trinajstić information content (AvgIpc) is 2.66. The van der Waals surface area contributed by atoms with Crippen molar-refractivity contribution in [2.24, 2.45) is 10.1 Å². The highest BCUT2D eigenvalue weighted by molar-refractivity contribution is 8.13. The molecule has 5 nitrogen and oxygen atoms in total. The quantitative estimate of drug-likeness (QED) is 0.441. The smallest absolute Gasteiger partial charge is 0.181 e. The van der Waals surface area contributed by atoms with Crippen LogP contribution in [-0.2, 0) is 0 Å². The molecule has 0 bridgehead atoms. The minimum absolute atomic E-state index is 0.160. The van der Waals surface area contributed by atoms with Gasteiger partial charge in [0.2, 0.25) is 0 Å². The van der Waals surface area contributed by atoms with E-state index in [0.29, 0.717) is 30.0 Å². The summed E-state index contributed by atoms with van der Waals surface area (Å²) < 4.78 is 25.8. The highest BCUT2D eigenvalue weighted by atomic mass is 32.2. The van der Waals surface area contributed by atoms with Crippen molar-refractivity contribution in [3.05, 3.63) is 23.8 Å². The maximum Gasteiger partial charge on any atom is 0.181 e. The molecule has 0 aromatic heterocycles. The number of nitrogens with zero attached hydrogens (tertiary/aromatic N) is 2. The molecule has 0 unspecified atom stereocenters. The molecule has 1 saturated heterocycles. The molecule has 25 heavy (non-hydrogen) atoms. The van der Waals surface area contributed by atoms with Gasteiger partial charge < -0.3 is 10.5 Å². The van der Waals surface area contributed by atoms with Gasteiger partial charge in [0.25, 0.3) is 0 Å². The predicted octanol–water partition coefficient (Wildman–Crippen LogP) is 3.78. The Morgan fingerprint density at radius 2 is 2.16 bits per heavy atom. The zero-order chi connectivity index (χ0) is 17.6. The summed E-state index contributed by atoms with van der Waals surface area (Å²) in [4.78, 5) is 3.48. The normalized spacial score (nSPS) is 22.5. The Morgan fingerprint density at radius 1 is 1.36 bits per heavy atom. The number of benzene rings is 1. The Hall–Kier alpha value is -0.610. The van der Waals surface area contributed by atoms with E-state index in [1.807, 2.05) is 6.07 Å². The summed E-state index contributed by atoms with van der Waals surface area (Å²) >= 11 is 3.15. The minimum Gasteiger partial charge on any atom is -0.493 e. The molecule has 0 spiro atoms. The summed E-state index contributed by atoms with van der Waals surface area (Å²) in [5.41, 5.74) is 7.00. The number of fused-ring (bicyclic) bond motifs is 1. The van der Waals surface area contributed by atoms with E-state index in [1.54, 1.807) is 7.05 Å². The summed E-state index contributed by atoms with van der Waals surface area (Å²) in [5.74, 6) is 0.929. The fourth-order valence-corrected chi connectivity index (χ4v) is 4.63. The van der Waals surface area contributed by atoms with Gasteiger partial charge in [-0.3, -0.25) is 9.62 Å². The number of nitrogens with two attached hydrogens (primary N) is 1. The van der Waals surface area contributed by atoms with Crippen molar-refractivity contribution in [3.8, 4) is 5.75 Å². The van der Waals surface area contributed by atoms with Crippen LogP contribution < -0.4 is 15.2 Å². The number of hydrogen-bond donors (Lipinski definition) is 2. The molecule has 3 N–H and O–H groups in total. The monoisotopic (exact) mass is 402 g/mol.